The number of thiophene rings is 1. The Hall–Kier alpha value is 0.0500. The first-order valence-electron chi connectivity index (χ1n) is 5.30. The Balaban J connectivity index is 2.26. The summed E-state index contributed by atoms with van der Waals surface area (Å²) in [6, 6.07) is 3.39. The van der Waals surface area contributed by atoms with Gasteiger partial charge in [0, 0.05) is 13.1 Å². The van der Waals surface area contributed by atoms with Gasteiger partial charge in [-0.25, -0.2) is 8.42 Å². The van der Waals surface area contributed by atoms with Gasteiger partial charge in [-0.1, -0.05) is 0 Å². The standard InChI is InChI=1S/C10H14BrNO3S2/c1-7-5-12(6-8(2)15-7)17(13,14)10-4-3-9(11)16-10/h3-4,7-8H,5-6H2,1-2H3/t7-,8-/m0/s1. The molecule has 2 rings (SSSR count). The molecule has 2 heterocycles. The first kappa shape index (κ1) is 13.5. The van der Waals surface area contributed by atoms with Crippen LogP contribution in [0.1, 0.15) is 13.8 Å². The molecule has 0 N–H and O–H groups in total. The van der Waals surface area contributed by atoms with Crippen LogP contribution in [0.2, 0.25) is 0 Å². The molecule has 1 fully saturated rings. The molecule has 7 heteroatoms. The number of hydrogen-bond acceptors (Lipinski definition) is 4. The van der Waals surface area contributed by atoms with Crippen LogP contribution in [0.15, 0.2) is 20.1 Å². The van der Waals surface area contributed by atoms with Gasteiger partial charge in [0.1, 0.15) is 4.21 Å². The molecular formula is C10H14BrNO3S2. The van der Waals surface area contributed by atoms with E-state index in [-0.39, 0.29) is 12.2 Å². The van der Waals surface area contributed by atoms with Gasteiger partial charge in [0.25, 0.3) is 10.0 Å². The summed E-state index contributed by atoms with van der Waals surface area (Å²) >= 11 is 4.52. The lowest BCUT2D eigenvalue weighted by atomic mass is 10.3. The maximum Gasteiger partial charge on any atom is 0.252 e. The average molecular weight is 340 g/mol. The van der Waals surface area contributed by atoms with Crippen molar-refractivity contribution < 1.29 is 13.2 Å². The smallest absolute Gasteiger partial charge is 0.252 e. The highest BCUT2D eigenvalue weighted by atomic mass is 79.9. The highest BCUT2D eigenvalue weighted by Crippen LogP contribution is 2.29. The van der Waals surface area contributed by atoms with Crippen LogP contribution < -0.4 is 0 Å². The molecule has 0 aliphatic carbocycles. The summed E-state index contributed by atoms with van der Waals surface area (Å²) in [6.45, 7) is 4.62. The van der Waals surface area contributed by atoms with Crippen LogP contribution in [0, 0.1) is 0 Å². The number of rotatable bonds is 2. The Morgan fingerprint density at radius 1 is 1.35 bits per heavy atom. The second kappa shape index (κ2) is 4.97. The van der Waals surface area contributed by atoms with E-state index in [1.165, 1.54) is 15.6 Å². The second-order valence-corrected chi connectivity index (χ2v) is 8.77. The fourth-order valence-electron chi connectivity index (χ4n) is 1.89. The molecule has 96 valence electrons. The Labute approximate surface area is 114 Å². The second-order valence-electron chi connectivity index (χ2n) is 4.14. The number of sulfonamides is 1. The van der Waals surface area contributed by atoms with Gasteiger partial charge < -0.3 is 4.74 Å². The molecule has 0 aromatic carbocycles. The summed E-state index contributed by atoms with van der Waals surface area (Å²) in [6.07, 6.45) is -0.117. The minimum absolute atomic E-state index is 0.0584. The molecular weight excluding hydrogens is 326 g/mol. The molecule has 0 radical (unpaired) electrons. The Kier molecular flexibility index (Phi) is 3.94. The molecule has 0 unspecified atom stereocenters. The number of ether oxygens (including phenoxy) is 1. The zero-order valence-electron chi connectivity index (χ0n) is 9.59. The van der Waals surface area contributed by atoms with Crippen LogP contribution in [0.25, 0.3) is 0 Å². The first-order valence-corrected chi connectivity index (χ1v) is 8.35. The minimum Gasteiger partial charge on any atom is -0.373 e. The molecule has 0 saturated carbocycles. The molecule has 1 aromatic heterocycles. The maximum atomic E-state index is 12.4. The maximum absolute atomic E-state index is 12.4. The summed E-state index contributed by atoms with van der Waals surface area (Å²) in [5, 5.41) is 0. The third-order valence-corrected chi connectivity index (χ3v) is 6.45. The molecule has 0 spiro atoms. The van der Waals surface area contributed by atoms with Gasteiger partial charge in [-0.15, -0.1) is 11.3 Å². The van der Waals surface area contributed by atoms with Crippen LogP contribution in [0.3, 0.4) is 0 Å². The molecule has 0 amide bonds. The molecule has 4 nitrogen and oxygen atoms in total. The quantitative estimate of drug-likeness (QED) is 0.830. The Morgan fingerprint density at radius 3 is 2.41 bits per heavy atom. The van der Waals surface area contributed by atoms with E-state index in [1.54, 1.807) is 12.1 Å². The fourth-order valence-corrected chi connectivity index (χ4v) is 5.65. The molecule has 2 atom stereocenters. The van der Waals surface area contributed by atoms with Crippen molar-refractivity contribution in [3.8, 4) is 0 Å². The molecule has 0 bridgehead atoms. The Morgan fingerprint density at radius 2 is 1.94 bits per heavy atom. The third kappa shape index (κ3) is 2.90. The zero-order valence-corrected chi connectivity index (χ0v) is 12.8. The van der Waals surface area contributed by atoms with E-state index >= 15 is 0 Å². The van der Waals surface area contributed by atoms with Gasteiger partial charge in [-0.3, -0.25) is 0 Å². The van der Waals surface area contributed by atoms with Crippen molar-refractivity contribution in [1.29, 1.82) is 0 Å². The van der Waals surface area contributed by atoms with Crippen LogP contribution in [0.4, 0.5) is 0 Å². The van der Waals surface area contributed by atoms with Crippen molar-refractivity contribution >= 4 is 37.3 Å². The third-order valence-electron chi connectivity index (χ3n) is 2.53. The lowest BCUT2D eigenvalue weighted by molar-refractivity contribution is -0.0440. The first-order chi connectivity index (χ1) is 7.89. The Bertz CT molecular complexity index is 489. The highest BCUT2D eigenvalue weighted by Gasteiger charge is 2.32. The number of halogens is 1. The van der Waals surface area contributed by atoms with Gasteiger partial charge in [0.05, 0.1) is 16.0 Å². The summed E-state index contributed by atoms with van der Waals surface area (Å²) in [7, 11) is -3.37. The number of nitrogens with zero attached hydrogens (tertiary/aromatic N) is 1. The fraction of sp³-hybridized carbons (Fsp3) is 0.600. The topological polar surface area (TPSA) is 46.6 Å². The van der Waals surface area contributed by atoms with Crippen LogP contribution in [-0.2, 0) is 14.8 Å². The van der Waals surface area contributed by atoms with E-state index in [1.807, 2.05) is 13.8 Å². The lowest BCUT2D eigenvalue weighted by Gasteiger charge is -2.34. The number of morpholine rings is 1. The van der Waals surface area contributed by atoms with Crippen LogP contribution >= 0.6 is 27.3 Å². The van der Waals surface area contributed by atoms with Gasteiger partial charge in [0.15, 0.2) is 0 Å². The van der Waals surface area contributed by atoms with E-state index in [2.05, 4.69) is 15.9 Å². The van der Waals surface area contributed by atoms with E-state index < -0.39 is 10.0 Å². The highest BCUT2D eigenvalue weighted by molar-refractivity contribution is 9.11. The molecule has 17 heavy (non-hydrogen) atoms. The summed E-state index contributed by atoms with van der Waals surface area (Å²) < 4.78 is 33.0. The van der Waals surface area contributed by atoms with Crippen molar-refractivity contribution in [2.45, 2.75) is 30.3 Å². The predicted octanol–water partition coefficient (Wildman–Crippen LogP) is 2.31. The predicted molar refractivity (Wildman–Crippen MR) is 70.8 cm³/mol. The van der Waals surface area contributed by atoms with Gasteiger partial charge >= 0.3 is 0 Å². The van der Waals surface area contributed by atoms with Gasteiger partial charge in [0.2, 0.25) is 0 Å². The molecule has 1 aliphatic heterocycles. The minimum atomic E-state index is -3.37. The summed E-state index contributed by atoms with van der Waals surface area (Å²) in [4.78, 5) is 0. The monoisotopic (exact) mass is 339 g/mol. The summed E-state index contributed by atoms with van der Waals surface area (Å²) in [5.74, 6) is 0. The largest absolute Gasteiger partial charge is 0.373 e. The normalized spacial score (nSPS) is 27.2. The van der Waals surface area contributed by atoms with E-state index in [0.717, 1.165) is 3.79 Å². The van der Waals surface area contributed by atoms with E-state index in [9.17, 15) is 8.42 Å². The van der Waals surface area contributed by atoms with Crippen molar-refractivity contribution in [3.63, 3.8) is 0 Å². The van der Waals surface area contributed by atoms with Crippen LogP contribution in [-0.4, -0.2) is 38.0 Å². The van der Waals surface area contributed by atoms with E-state index in [0.29, 0.717) is 17.3 Å². The molecule has 1 aromatic rings. The lowest BCUT2D eigenvalue weighted by Crippen LogP contribution is -2.47. The van der Waals surface area contributed by atoms with Gasteiger partial charge in [-0.05, 0) is 41.9 Å². The van der Waals surface area contributed by atoms with E-state index in [4.69, 9.17) is 4.74 Å². The summed E-state index contributed by atoms with van der Waals surface area (Å²) in [5.41, 5.74) is 0. The van der Waals surface area contributed by atoms with Crippen molar-refractivity contribution in [3.05, 3.63) is 15.9 Å². The average Bonchev–Trinajstić information content (AvgIpc) is 2.64. The molecule has 1 saturated heterocycles. The SMILES string of the molecule is C[C@H]1CN(S(=O)(=O)c2ccc(Br)s2)C[C@H](C)O1. The van der Waals surface area contributed by atoms with Crippen molar-refractivity contribution in [1.82, 2.24) is 4.31 Å². The number of hydrogen-bond donors (Lipinski definition) is 0. The van der Waals surface area contributed by atoms with Crippen LogP contribution in [0.5, 0.6) is 0 Å². The zero-order chi connectivity index (χ0) is 12.6. The molecule has 1 aliphatic rings. The van der Waals surface area contributed by atoms with Crippen molar-refractivity contribution in [2.75, 3.05) is 13.1 Å². The van der Waals surface area contributed by atoms with Crippen molar-refractivity contribution in [2.24, 2.45) is 0 Å². The van der Waals surface area contributed by atoms with Gasteiger partial charge in [-0.2, -0.15) is 4.31 Å².